The van der Waals surface area contributed by atoms with Crippen LogP contribution in [0.1, 0.15) is 96.9 Å². The molecule has 1 saturated carbocycles. The molecule has 2 saturated heterocycles. The topological polar surface area (TPSA) is 156 Å². The number of carbonyl (C=O) groups excluding carboxylic acids is 3. The average Bonchev–Trinajstić information content (AvgIpc) is 3.61. The molecular weight excluding hydrogens is 789 g/mol. The van der Waals surface area contributed by atoms with Crippen LogP contribution >= 0.6 is 11.6 Å². The molecule has 3 aliphatic rings. The number of carbonyl (C=O) groups is 3. The van der Waals surface area contributed by atoms with Gasteiger partial charge in [-0.2, -0.15) is 18.3 Å². The van der Waals surface area contributed by atoms with E-state index in [9.17, 15) is 37.8 Å². The molecule has 1 aliphatic carbocycles. The Hall–Kier alpha value is -4.77. The van der Waals surface area contributed by atoms with Gasteiger partial charge in [-0.3, -0.25) is 19.2 Å². The number of likely N-dealkylation sites (tertiary alicyclic amines) is 1. The summed E-state index contributed by atoms with van der Waals surface area (Å²) in [4.78, 5) is 48.3. The molecule has 3 fully saturated rings. The van der Waals surface area contributed by atoms with Crippen LogP contribution in [0.15, 0.2) is 54.7 Å². The lowest BCUT2D eigenvalue weighted by Gasteiger charge is -2.36. The van der Waals surface area contributed by atoms with Crippen molar-refractivity contribution in [3.05, 3.63) is 82.3 Å². The maximum Gasteiger partial charge on any atom is 0.433 e. The van der Waals surface area contributed by atoms with Crippen molar-refractivity contribution in [1.82, 2.24) is 29.9 Å². The minimum atomic E-state index is -4.70. The zero-order valence-corrected chi connectivity index (χ0v) is 34.1. The van der Waals surface area contributed by atoms with Gasteiger partial charge in [0.1, 0.15) is 17.6 Å². The fraction of sp³-hybridized carbons (Fsp3) is 0.500. The Kier molecular flexibility index (Phi) is 12.3. The lowest BCUT2D eigenvalue weighted by Crippen LogP contribution is -2.52. The fourth-order valence-electron chi connectivity index (χ4n) is 8.57. The molecule has 0 spiro atoms. The summed E-state index contributed by atoms with van der Waals surface area (Å²) in [6.07, 6.45) is 2.39. The van der Waals surface area contributed by atoms with Gasteiger partial charge in [-0.1, -0.05) is 17.7 Å². The van der Waals surface area contributed by atoms with Crippen LogP contribution in [0.25, 0.3) is 10.9 Å². The van der Waals surface area contributed by atoms with Gasteiger partial charge >= 0.3 is 12.2 Å². The number of piperidine rings is 1. The van der Waals surface area contributed by atoms with E-state index in [1.807, 2.05) is 15.8 Å². The third-order valence-corrected chi connectivity index (χ3v) is 12.0. The molecule has 1 atom stereocenters. The second-order valence-electron chi connectivity index (χ2n) is 16.7. The molecule has 4 aromatic rings. The first-order valence-electron chi connectivity index (χ1n) is 20.1. The van der Waals surface area contributed by atoms with Crippen molar-refractivity contribution in [1.29, 1.82) is 0 Å². The van der Waals surface area contributed by atoms with Gasteiger partial charge in [-0.15, -0.1) is 0 Å². The average molecular weight is 839 g/mol. The van der Waals surface area contributed by atoms with E-state index in [0.29, 0.717) is 65.2 Å². The van der Waals surface area contributed by atoms with E-state index in [1.54, 1.807) is 44.2 Å². The van der Waals surface area contributed by atoms with E-state index in [-0.39, 0.29) is 17.6 Å². The predicted octanol–water partition coefficient (Wildman–Crippen LogP) is 7.04. The van der Waals surface area contributed by atoms with Crippen molar-refractivity contribution in [2.75, 3.05) is 50.0 Å². The zero-order chi connectivity index (χ0) is 42.2. The number of hydrogen-bond acceptors (Lipinski definition) is 8. The summed E-state index contributed by atoms with van der Waals surface area (Å²) in [5.74, 6) is 0.0761. The maximum absolute atomic E-state index is 13.5. The fourth-order valence-corrected chi connectivity index (χ4v) is 8.79. The summed E-state index contributed by atoms with van der Waals surface area (Å²) in [6, 6.07) is 11.2. The van der Waals surface area contributed by atoms with Crippen molar-refractivity contribution in [2.45, 2.75) is 82.8 Å². The number of amides is 4. The third kappa shape index (κ3) is 9.83. The molecule has 1 unspecified atom stereocenters. The monoisotopic (exact) mass is 838 g/mol. The molecule has 0 bridgehead atoms. The highest BCUT2D eigenvalue weighted by atomic mass is 35.5. The highest BCUT2D eigenvalue weighted by molar-refractivity contribution is 6.34. The molecule has 2 aromatic carbocycles. The molecule has 0 radical (unpaired) electrons. The van der Waals surface area contributed by atoms with E-state index in [4.69, 9.17) is 16.7 Å². The second kappa shape index (κ2) is 17.1. The summed E-state index contributed by atoms with van der Waals surface area (Å²) in [7, 11) is 2.16. The van der Waals surface area contributed by atoms with Crippen LogP contribution in [0.2, 0.25) is 5.02 Å². The number of alkyl halides is 3. The Morgan fingerprint density at radius 3 is 2.32 bits per heavy atom. The normalized spacial score (nSPS) is 20.9. The minimum absolute atomic E-state index is 0.0922. The lowest BCUT2D eigenvalue weighted by atomic mass is 9.85. The molecule has 7 rings (SSSR count). The van der Waals surface area contributed by atoms with Gasteiger partial charge < -0.3 is 30.6 Å². The largest absolute Gasteiger partial charge is 0.433 e. The molecule has 2 aliphatic heterocycles. The van der Waals surface area contributed by atoms with Crippen molar-refractivity contribution < 1.29 is 37.8 Å². The van der Waals surface area contributed by atoms with Crippen LogP contribution in [0.4, 0.5) is 29.3 Å². The number of rotatable bonds is 10. The van der Waals surface area contributed by atoms with Crippen molar-refractivity contribution in [3.8, 4) is 0 Å². The SMILES string of the molecule is CN(CC1CCN(C(=O)c2ccc(Cl)c(N3CCC(O)NC3=O)c2)CC1)C[C@H]1CC[C@H](n2cc3cc(NC(=O)c4cccc(C(F)(F)F)n4)c(C(C)(C)O)cc3n2)CC1. The van der Waals surface area contributed by atoms with Gasteiger partial charge in [0.05, 0.1) is 27.9 Å². The first-order chi connectivity index (χ1) is 27.9. The standard InChI is InChI=1S/C42H50ClF3N8O5/c1-41(2,59)30-21-33-28(19-34(30)48-38(56)32-5-4-6-36(47-32)42(44,45)46)24-54(50-33)29-10-7-25(8-11-29)22-51(3)23-26-13-16-52(17-14-26)39(57)27-9-12-31(43)35(20-27)53-18-15-37(55)49-40(53)58/h4-6,9,12,19-21,24-26,29,37,55,59H,7-8,10-11,13-18,22-23H2,1-3H3,(H,48,56)(H,49,58)/t25-,29-,37?. The number of pyridine rings is 1. The minimum Gasteiger partial charge on any atom is -0.386 e. The predicted molar refractivity (Wildman–Crippen MR) is 217 cm³/mol. The maximum atomic E-state index is 13.5. The number of aliphatic hydroxyl groups is 2. The van der Waals surface area contributed by atoms with Gasteiger partial charge in [0, 0.05) is 67.5 Å². The molecule has 2 aromatic heterocycles. The zero-order valence-electron chi connectivity index (χ0n) is 33.3. The number of urea groups is 1. The van der Waals surface area contributed by atoms with Crippen molar-refractivity contribution in [2.24, 2.45) is 11.8 Å². The Balaban J connectivity index is 0.904. The molecule has 316 valence electrons. The molecule has 4 amide bonds. The van der Waals surface area contributed by atoms with Crippen molar-refractivity contribution >= 4 is 51.7 Å². The highest BCUT2D eigenvalue weighted by Gasteiger charge is 2.34. The second-order valence-corrected chi connectivity index (χ2v) is 17.1. The number of aliphatic hydroxyl groups excluding tert-OH is 1. The summed E-state index contributed by atoms with van der Waals surface area (Å²) in [6.45, 7) is 6.64. The van der Waals surface area contributed by atoms with Gasteiger partial charge in [-0.05, 0) is 114 Å². The molecule has 59 heavy (non-hydrogen) atoms. The first kappa shape index (κ1) is 42.4. The number of benzene rings is 2. The lowest BCUT2D eigenvalue weighted by molar-refractivity contribution is -0.141. The summed E-state index contributed by atoms with van der Waals surface area (Å²) >= 11 is 6.41. The van der Waals surface area contributed by atoms with Gasteiger partial charge in [0.2, 0.25) is 0 Å². The summed E-state index contributed by atoms with van der Waals surface area (Å²) < 4.78 is 41.7. The molecule has 4 N–H and O–H groups in total. The first-order valence-corrected chi connectivity index (χ1v) is 20.5. The smallest absolute Gasteiger partial charge is 0.386 e. The van der Waals surface area contributed by atoms with Crippen LogP contribution in [0, 0.1) is 11.8 Å². The van der Waals surface area contributed by atoms with Crippen LogP contribution < -0.4 is 15.5 Å². The highest BCUT2D eigenvalue weighted by Crippen LogP contribution is 2.37. The Bertz CT molecular complexity index is 2190. The third-order valence-electron chi connectivity index (χ3n) is 11.7. The molecule has 17 heteroatoms. The number of aromatic nitrogens is 3. The van der Waals surface area contributed by atoms with Crippen molar-refractivity contribution in [3.63, 3.8) is 0 Å². The number of nitrogens with one attached hydrogen (secondary N) is 2. The molecular formula is C42H50ClF3N8O5. The quantitative estimate of drug-likeness (QED) is 0.133. The Labute approximate surface area is 345 Å². The van der Waals surface area contributed by atoms with E-state index in [0.717, 1.165) is 69.1 Å². The molecule has 13 nitrogen and oxygen atoms in total. The number of fused-ring (bicyclic) bond motifs is 1. The van der Waals surface area contributed by atoms with Crippen LogP contribution in [0.5, 0.6) is 0 Å². The van der Waals surface area contributed by atoms with Crippen LogP contribution in [-0.4, -0.2) is 98.6 Å². The van der Waals surface area contributed by atoms with E-state index >= 15 is 0 Å². The van der Waals surface area contributed by atoms with Crippen LogP contribution in [0.3, 0.4) is 0 Å². The summed E-state index contributed by atoms with van der Waals surface area (Å²) in [5.41, 5.74) is -0.746. The number of nitrogens with zero attached hydrogens (tertiary/aromatic N) is 6. The Morgan fingerprint density at radius 1 is 0.966 bits per heavy atom. The number of hydrogen-bond donors (Lipinski definition) is 4. The molecule has 4 heterocycles. The number of halogens is 4. The number of anilines is 2. The van der Waals surface area contributed by atoms with E-state index in [2.05, 4.69) is 27.6 Å². The Morgan fingerprint density at radius 2 is 1.66 bits per heavy atom. The van der Waals surface area contributed by atoms with Crippen LogP contribution in [-0.2, 0) is 11.8 Å². The van der Waals surface area contributed by atoms with E-state index < -0.39 is 41.3 Å². The van der Waals surface area contributed by atoms with Gasteiger partial charge in [-0.25, -0.2) is 9.78 Å². The van der Waals surface area contributed by atoms with Gasteiger partial charge in [0.25, 0.3) is 11.8 Å². The van der Waals surface area contributed by atoms with Gasteiger partial charge in [0.15, 0.2) is 0 Å². The summed E-state index contributed by atoms with van der Waals surface area (Å²) in [5, 5.41) is 31.8. The van der Waals surface area contributed by atoms with E-state index in [1.165, 1.54) is 11.0 Å².